The summed E-state index contributed by atoms with van der Waals surface area (Å²) < 4.78 is 23.1. The summed E-state index contributed by atoms with van der Waals surface area (Å²) in [5.41, 5.74) is 5.51. The van der Waals surface area contributed by atoms with Crippen LogP contribution in [-0.2, 0) is 6.42 Å². The van der Waals surface area contributed by atoms with Crippen molar-refractivity contribution in [3.8, 4) is 23.0 Å². The van der Waals surface area contributed by atoms with Crippen molar-refractivity contribution in [1.82, 2.24) is 0 Å². The first-order valence-corrected chi connectivity index (χ1v) is 12.0. The maximum Gasteiger partial charge on any atom is 0.161 e. The Hall–Kier alpha value is -2.95. The van der Waals surface area contributed by atoms with Crippen molar-refractivity contribution in [2.75, 3.05) is 34.0 Å². The minimum Gasteiger partial charge on any atom is -0.493 e. The van der Waals surface area contributed by atoms with Gasteiger partial charge in [0.15, 0.2) is 23.0 Å². The van der Waals surface area contributed by atoms with Crippen LogP contribution in [0.25, 0.3) is 6.08 Å². The Balaban J connectivity index is 1.86. The van der Waals surface area contributed by atoms with Crippen molar-refractivity contribution >= 4 is 11.8 Å². The smallest absolute Gasteiger partial charge is 0.161 e. The average molecular weight is 452 g/mol. The number of ether oxygens (including phenoxy) is 4. The predicted molar refractivity (Wildman–Crippen MR) is 136 cm³/mol. The molecule has 2 aromatic carbocycles. The monoisotopic (exact) mass is 451 g/mol. The highest BCUT2D eigenvalue weighted by Gasteiger charge is 2.18. The standard InChI is InChI=1S/C28H37NO4/c1-6-8-14-32-27-17-21(20(3)16-25(27)30-4)10-11-24-23-19-26(31-5)28(33-15-9-7-2)18-22(23)12-13-29-24/h10-11,16-19H,6-9,12-15H2,1-5H3/b11-10+. The van der Waals surface area contributed by atoms with Crippen molar-refractivity contribution < 1.29 is 18.9 Å². The molecule has 2 aromatic rings. The fraction of sp³-hybridized carbons (Fsp3) is 0.464. The van der Waals surface area contributed by atoms with Gasteiger partial charge in [-0.3, -0.25) is 4.99 Å². The molecule has 0 aromatic heterocycles. The van der Waals surface area contributed by atoms with Crippen LogP contribution >= 0.6 is 0 Å². The van der Waals surface area contributed by atoms with Crippen LogP contribution in [0, 0.1) is 6.92 Å². The molecule has 0 radical (unpaired) electrons. The summed E-state index contributed by atoms with van der Waals surface area (Å²) in [6, 6.07) is 8.25. The molecule has 0 amide bonds. The van der Waals surface area contributed by atoms with Gasteiger partial charge in [-0.1, -0.05) is 32.8 Å². The summed E-state index contributed by atoms with van der Waals surface area (Å²) in [7, 11) is 3.36. The molecule has 178 valence electrons. The van der Waals surface area contributed by atoms with Crippen molar-refractivity contribution in [3.63, 3.8) is 0 Å². The largest absolute Gasteiger partial charge is 0.493 e. The van der Waals surface area contributed by atoms with E-state index in [4.69, 9.17) is 23.9 Å². The average Bonchev–Trinajstić information content (AvgIpc) is 2.83. The second-order valence-electron chi connectivity index (χ2n) is 8.27. The molecule has 0 fully saturated rings. The number of hydrogen-bond donors (Lipinski definition) is 0. The molecule has 0 atom stereocenters. The van der Waals surface area contributed by atoms with Crippen LogP contribution in [-0.4, -0.2) is 39.7 Å². The van der Waals surface area contributed by atoms with Gasteiger partial charge in [-0.25, -0.2) is 0 Å². The molecule has 0 saturated carbocycles. The van der Waals surface area contributed by atoms with Gasteiger partial charge in [-0.05, 0) is 73.2 Å². The van der Waals surface area contributed by atoms with Crippen LogP contribution in [0.15, 0.2) is 35.3 Å². The van der Waals surface area contributed by atoms with Crippen LogP contribution in [0.5, 0.6) is 23.0 Å². The van der Waals surface area contributed by atoms with Crippen molar-refractivity contribution in [3.05, 3.63) is 52.6 Å². The van der Waals surface area contributed by atoms with Crippen LogP contribution < -0.4 is 18.9 Å². The number of allylic oxidation sites excluding steroid dienone is 1. The topological polar surface area (TPSA) is 49.3 Å². The van der Waals surface area contributed by atoms with E-state index in [0.29, 0.717) is 13.2 Å². The summed E-state index contributed by atoms with van der Waals surface area (Å²) in [5, 5.41) is 0. The lowest BCUT2D eigenvalue weighted by Gasteiger charge is -2.19. The zero-order valence-electron chi connectivity index (χ0n) is 20.7. The Morgan fingerprint density at radius 2 is 1.45 bits per heavy atom. The van der Waals surface area contributed by atoms with Crippen molar-refractivity contribution in [1.29, 1.82) is 0 Å². The quantitative estimate of drug-likeness (QED) is 0.349. The predicted octanol–water partition coefficient (Wildman–Crippen LogP) is 6.43. The summed E-state index contributed by atoms with van der Waals surface area (Å²) in [6.45, 7) is 8.54. The number of hydrogen-bond acceptors (Lipinski definition) is 5. The van der Waals surface area contributed by atoms with Gasteiger partial charge in [0.05, 0.1) is 33.1 Å². The van der Waals surface area contributed by atoms with Crippen LogP contribution in [0.4, 0.5) is 0 Å². The van der Waals surface area contributed by atoms with Crippen LogP contribution in [0.1, 0.15) is 61.8 Å². The van der Waals surface area contributed by atoms with E-state index in [9.17, 15) is 0 Å². The number of fused-ring (bicyclic) bond motifs is 1. The minimum absolute atomic E-state index is 0.682. The molecule has 0 saturated heterocycles. The summed E-state index contributed by atoms with van der Waals surface area (Å²) in [6.07, 6.45) is 9.33. The van der Waals surface area contributed by atoms with Gasteiger partial charge in [0, 0.05) is 12.1 Å². The Labute approximate surface area is 198 Å². The Bertz CT molecular complexity index is 994. The number of rotatable bonds is 12. The maximum absolute atomic E-state index is 5.98. The first kappa shape index (κ1) is 24.7. The first-order chi connectivity index (χ1) is 16.1. The van der Waals surface area contributed by atoms with E-state index in [1.807, 2.05) is 6.07 Å². The van der Waals surface area contributed by atoms with Gasteiger partial charge in [-0.2, -0.15) is 0 Å². The zero-order valence-corrected chi connectivity index (χ0v) is 20.7. The van der Waals surface area contributed by atoms with E-state index < -0.39 is 0 Å². The van der Waals surface area contributed by atoms with Crippen molar-refractivity contribution in [2.45, 2.75) is 52.9 Å². The van der Waals surface area contributed by atoms with Gasteiger partial charge in [0.1, 0.15) is 0 Å². The molecule has 0 aliphatic carbocycles. The molecule has 33 heavy (non-hydrogen) atoms. The lowest BCUT2D eigenvalue weighted by Crippen LogP contribution is -2.12. The number of aliphatic imine (C=N–C) groups is 1. The second kappa shape index (κ2) is 12.3. The molecule has 5 nitrogen and oxygen atoms in total. The van der Waals surface area contributed by atoms with Crippen LogP contribution in [0.3, 0.4) is 0 Å². The Morgan fingerprint density at radius 3 is 2.09 bits per heavy atom. The van der Waals surface area contributed by atoms with Crippen LogP contribution in [0.2, 0.25) is 0 Å². The summed E-state index contributed by atoms with van der Waals surface area (Å²) >= 11 is 0. The van der Waals surface area contributed by atoms with E-state index in [1.54, 1.807) is 14.2 Å². The molecule has 1 aliphatic heterocycles. The number of nitrogens with zero attached hydrogens (tertiary/aromatic N) is 1. The van der Waals surface area contributed by atoms with Gasteiger partial charge in [0.25, 0.3) is 0 Å². The molecule has 1 aliphatic rings. The molecule has 5 heteroatoms. The Morgan fingerprint density at radius 1 is 0.818 bits per heavy atom. The normalized spacial score (nSPS) is 12.9. The van der Waals surface area contributed by atoms with E-state index >= 15 is 0 Å². The highest BCUT2D eigenvalue weighted by atomic mass is 16.5. The maximum atomic E-state index is 5.98. The number of unbranched alkanes of at least 4 members (excludes halogenated alkanes) is 2. The molecule has 3 rings (SSSR count). The third-order valence-electron chi connectivity index (χ3n) is 5.81. The molecular formula is C28H37NO4. The zero-order chi connectivity index (χ0) is 23.6. The molecule has 0 N–H and O–H groups in total. The highest BCUT2D eigenvalue weighted by Crippen LogP contribution is 2.34. The molecule has 1 heterocycles. The van der Waals surface area contributed by atoms with Crippen molar-refractivity contribution in [2.24, 2.45) is 4.99 Å². The summed E-state index contributed by atoms with van der Waals surface area (Å²) in [4.78, 5) is 4.79. The van der Waals surface area contributed by atoms with Gasteiger partial charge >= 0.3 is 0 Å². The molecule has 0 bridgehead atoms. The number of benzene rings is 2. The van der Waals surface area contributed by atoms with Gasteiger partial charge in [-0.15, -0.1) is 0 Å². The summed E-state index contributed by atoms with van der Waals surface area (Å²) in [5.74, 6) is 3.11. The SMILES string of the molecule is CCCCOc1cc(/C=C/C2=NCCc3cc(OCCCC)c(OC)cc32)c(C)cc1OC. The van der Waals surface area contributed by atoms with E-state index in [0.717, 1.165) is 84.0 Å². The second-order valence-corrected chi connectivity index (χ2v) is 8.27. The number of methoxy groups -OCH3 is 2. The third kappa shape index (κ3) is 6.31. The molecule has 0 spiro atoms. The highest BCUT2D eigenvalue weighted by molar-refractivity contribution is 6.12. The minimum atomic E-state index is 0.682. The molecule has 0 unspecified atom stereocenters. The third-order valence-corrected chi connectivity index (χ3v) is 5.81. The fourth-order valence-corrected chi connectivity index (χ4v) is 3.79. The van der Waals surface area contributed by atoms with E-state index in [-0.39, 0.29) is 0 Å². The van der Waals surface area contributed by atoms with Gasteiger partial charge < -0.3 is 18.9 Å². The Kier molecular flexibility index (Phi) is 9.23. The molecular weight excluding hydrogens is 414 g/mol. The number of aryl methyl sites for hydroxylation is 1. The van der Waals surface area contributed by atoms with E-state index in [2.05, 4.69) is 51.1 Å². The van der Waals surface area contributed by atoms with E-state index in [1.165, 1.54) is 5.56 Å². The first-order valence-electron chi connectivity index (χ1n) is 12.0. The lowest BCUT2D eigenvalue weighted by atomic mass is 9.95. The van der Waals surface area contributed by atoms with Gasteiger partial charge in [0.2, 0.25) is 0 Å². The fourth-order valence-electron chi connectivity index (χ4n) is 3.79. The lowest BCUT2D eigenvalue weighted by molar-refractivity contribution is 0.288.